The maximum Gasteiger partial charge on any atom is 0.251 e. The molecule has 19 heavy (non-hydrogen) atoms. The normalized spacial score (nSPS) is 10.2. The topological polar surface area (TPSA) is 69.6 Å². The Hall–Kier alpha value is -2.20. The molecule has 0 fully saturated rings. The standard InChI is InChI=1S/C14H12ClNO3/c15-11-4-1-9(2-5-11)8-16-14(19)10-3-6-12(17)13(18)7-10/h1-7,17-18H,8H2,(H,16,19). The zero-order valence-corrected chi connectivity index (χ0v) is 10.7. The molecule has 0 saturated carbocycles. The number of carbonyl (C=O) groups is 1. The number of amides is 1. The first-order valence-corrected chi connectivity index (χ1v) is 5.98. The molecule has 0 heterocycles. The highest BCUT2D eigenvalue weighted by molar-refractivity contribution is 6.30. The molecular weight excluding hydrogens is 266 g/mol. The Morgan fingerprint density at radius 2 is 1.74 bits per heavy atom. The minimum absolute atomic E-state index is 0.255. The largest absolute Gasteiger partial charge is 0.504 e. The fraction of sp³-hybridized carbons (Fsp3) is 0.0714. The Morgan fingerprint density at radius 1 is 1.05 bits per heavy atom. The van der Waals surface area contributed by atoms with Crippen LogP contribution in [0, 0.1) is 0 Å². The number of hydrogen-bond acceptors (Lipinski definition) is 3. The van der Waals surface area contributed by atoms with E-state index in [2.05, 4.69) is 5.32 Å². The van der Waals surface area contributed by atoms with Crippen LogP contribution in [0.2, 0.25) is 5.02 Å². The van der Waals surface area contributed by atoms with E-state index < -0.39 is 0 Å². The van der Waals surface area contributed by atoms with Crippen molar-refractivity contribution in [1.29, 1.82) is 0 Å². The average molecular weight is 278 g/mol. The summed E-state index contributed by atoms with van der Waals surface area (Å²) in [4.78, 5) is 11.8. The van der Waals surface area contributed by atoms with E-state index in [1.807, 2.05) is 12.1 Å². The van der Waals surface area contributed by atoms with Gasteiger partial charge in [-0.1, -0.05) is 23.7 Å². The van der Waals surface area contributed by atoms with Crippen molar-refractivity contribution < 1.29 is 15.0 Å². The Kier molecular flexibility index (Phi) is 3.92. The number of aromatic hydroxyl groups is 2. The van der Waals surface area contributed by atoms with Crippen molar-refractivity contribution in [1.82, 2.24) is 5.32 Å². The van der Waals surface area contributed by atoms with Crippen molar-refractivity contribution in [3.8, 4) is 11.5 Å². The summed E-state index contributed by atoms with van der Waals surface area (Å²) in [6.45, 7) is 0.359. The summed E-state index contributed by atoms with van der Waals surface area (Å²) < 4.78 is 0. The van der Waals surface area contributed by atoms with E-state index in [9.17, 15) is 9.90 Å². The lowest BCUT2D eigenvalue weighted by molar-refractivity contribution is 0.0950. The minimum atomic E-state index is -0.328. The molecule has 5 heteroatoms. The number of hydrogen-bond donors (Lipinski definition) is 3. The summed E-state index contributed by atoms with van der Waals surface area (Å²) in [6, 6.07) is 11.0. The number of rotatable bonds is 3. The van der Waals surface area contributed by atoms with Crippen molar-refractivity contribution in [2.45, 2.75) is 6.54 Å². The second-order valence-electron chi connectivity index (χ2n) is 4.01. The lowest BCUT2D eigenvalue weighted by Gasteiger charge is -2.06. The van der Waals surface area contributed by atoms with Gasteiger partial charge in [0.05, 0.1) is 0 Å². The highest BCUT2D eigenvalue weighted by Gasteiger charge is 2.08. The van der Waals surface area contributed by atoms with Crippen LogP contribution in [-0.2, 0) is 6.54 Å². The average Bonchev–Trinajstić information content (AvgIpc) is 2.41. The lowest BCUT2D eigenvalue weighted by Crippen LogP contribution is -2.22. The van der Waals surface area contributed by atoms with E-state index in [1.54, 1.807) is 12.1 Å². The van der Waals surface area contributed by atoms with Gasteiger partial charge in [-0.15, -0.1) is 0 Å². The fourth-order valence-electron chi connectivity index (χ4n) is 1.55. The number of halogens is 1. The first-order chi connectivity index (χ1) is 9.06. The minimum Gasteiger partial charge on any atom is -0.504 e. The maximum absolute atomic E-state index is 11.8. The third-order valence-electron chi connectivity index (χ3n) is 2.60. The van der Waals surface area contributed by atoms with E-state index in [0.29, 0.717) is 11.6 Å². The van der Waals surface area contributed by atoms with E-state index in [1.165, 1.54) is 18.2 Å². The Balaban J connectivity index is 2.01. The zero-order chi connectivity index (χ0) is 13.8. The molecule has 0 radical (unpaired) electrons. The predicted octanol–water partition coefficient (Wildman–Crippen LogP) is 2.68. The quantitative estimate of drug-likeness (QED) is 0.756. The summed E-state index contributed by atoms with van der Waals surface area (Å²) in [7, 11) is 0. The Bertz CT molecular complexity index is 596. The van der Waals surface area contributed by atoms with Crippen molar-refractivity contribution >= 4 is 17.5 Å². The summed E-state index contributed by atoms with van der Waals surface area (Å²) in [5.74, 6) is -0.904. The molecule has 1 amide bonds. The van der Waals surface area contributed by atoms with Crippen LogP contribution < -0.4 is 5.32 Å². The van der Waals surface area contributed by atoms with Crippen LogP contribution in [0.4, 0.5) is 0 Å². The molecule has 0 aliphatic carbocycles. The maximum atomic E-state index is 11.8. The van der Waals surface area contributed by atoms with Crippen molar-refractivity contribution in [3.05, 3.63) is 58.6 Å². The summed E-state index contributed by atoms with van der Waals surface area (Å²) in [6.07, 6.45) is 0. The van der Waals surface area contributed by atoms with Gasteiger partial charge in [0.25, 0.3) is 5.91 Å². The van der Waals surface area contributed by atoms with Gasteiger partial charge < -0.3 is 15.5 Å². The van der Waals surface area contributed by atoms with Gasteiger partial charge in [0.1, 0.15) is 0 Å². The zero-order valence-electron chi connectivity index (χ0n) is 9.93. The molecule has 2 rings (SSSR count). The van der Waals surface area contributed by atoms with E-state index in [4.69, 9.17) is 16.7 Å². The van der Waals surface area contributed by atoms with E-state index in [-0.39, 0.29) is 23.0 Å². The van der Waals surface area contributed by atoms with Gasteiger partial charge in [-0.05, 0) is 35.9 Å². The van der Waals surface area contributed by atoms with Gasteiger partial charge >= 0.3 is 0 Å². The third kappa shape index (κ3) is 3.39. The SMILES string of the molecule is O=C(NCc1ccc(Cl)cc1)c1ccc(O)c(O)c1. The van der Waals surface area contributed by atoms with Gasteiger partial charge in [-0.2, -0.15) is 0 Å². The summed E-state index contributed by atoms with van der Waals surface area (Å²) >= 11 is 5.76. The third-order valence-corrected chi connectivity index (χ3v) is 2.86. The van der Waals surface area contributed by atoms with Gasteiger partial charge in [0.2, 0.25) is 0 Å². The molecular formula is C14H12ClNO3. The molecule has 0 aliphatic heterocycles. The number of benzene rings is 2. The van der Waals surface area contributed by atoms with Crippen LogP contribution in [0.1, 0.15) is 15.9 Å². The molecule has 98 valence electrons. The van der Waals surface area contributed by atoms with Crippen LogP contribution in [0.15, 0.2) is 42.5 Å². The molecule has 0 aromatic heterocycles. The van der Waals surface area contributed by atoms with E-state index in [0.717, 1.165) is 5.56 Å². The van der Waals surface area contributed by atoms with Crippen LogP contribution in [0.25, 0.3) is 0 Å². The highest BCUT2D eigenvalue weighted by atomic mass is 35.5. The monoisotopic (exact) mass is 277 g/mol. The number of nitrogens with one attached hydrogen (secondary N) is 1. The van der Waals surface area contributed by atoms with Crippen LogP contribution in [0.3, 0.4) is 0 Å². The smallest absolute Gasteiger partial charge is 0.251 e. The molecule has 0 atom stereocenters. The van der Waals surface area contributed by atoms with E-state index >= 15 is 0 Å². The molecule has 0 aliphatic rings. The molecule has 0 spiro atoms. The Labute approximate surface area is 115 Å². The van der Waals surface area contributed by atoms with Crippen molar-refractivity contribution in [2.24, 2.45) is 0 Å². The molecule has 0 bridgehead atoms. The lowest BCUT2D eigenvalue weighted by atomic mass is 10.1. The van der Waals surface area contributed by atoms with Gasteiger partial charge in [0.15, 0.2) is 11.5 Å². The Morgan fingerprint density at radius 3 is 2.37 bits per heavy atom. The molecule has 4 nitrogen and oxygen atoms in total. The van der Waals surface area contributed by atoms with Gasteiger partial charge in [-0.3, -0.25) is 4.79 Å². The van der Waals surface area contributed by atoms with Crippen LogP contribution >= 0.6 is 11.6 Å². The van der Waals surface area contributed by atoms with Gasteiger partial charge in [-0.25, -0.2) is 0 Å². The van der Waals surface area contributed by atoms with Crippen LogP contribution in [0.5, 0.6) is 11.5 Å². The molecule has 0 unspecified atom stereocenters. The summed E-state index contributed by atoms with van der Waals surface area (Å²) in [5, 5.41) is 21.8. The predicted molar refractivity (Wildman–Crippen MR) is 72.4 cm³/mol. The second kappa shape index (κ2) is 5.63. The van der Waals surface area contributed by atoms with Crippen molar-refractivity contribution in [3.63, 3.8) is 0 Å². The second-order valence-corrected chi connectivity index (χ2v) is 4.45. The highest BCUT2D eigenvalue weighted by Crippen LogP contribution is 2.24. The molecule has 2 aromatic rings. The molecule has 2 aromatic carbocycles. The molecule has 0 saturated heterocycles. The number of phenolic OH excluding ortho intramolecular Hbond substituents is 2. The number of carbonyl (C=O) groups excluding carboxylic acids is 1. The first-order valence-electron chi connectivity index (χ1n) is 5.61. The fourth-order valence-corrected chi connectivity index (χ4v) is 1.68. The number of phenols is 2. The van der Waals surface area contributed by atoms with Crippen molar-refractivity contribution in [2.75, 3.05) is 0 Å². The first kappa shape index (κ1) is 13.2. The van der Waals surface area contributed by atoms with Crippen LogP contribution in [-0.4, -0.2) is 16.1 Å². The van der Waals surface area contributed by atoms with Gasteiger partial charge in [0, 0.05) is 17.1 Å². The molecule has 3 N–H and O–H groups in total. The summed E-state index contributed by atoms with van der Waals surface area (Å²) in [5.41, 5.74) is 1.20.